The van der Waals surface area contributed by atoms with Crippen molar-refractivity contribution >= 4 is 5.91 Å². The van der Waals surface area contributed by atoms with Crippen LogP contribution < -0.4 is 15.8 Å². The molecule has 1 aromatic heterocycles. The van der Waals surface area contributed by atoms with E-state index in [9.17, 15) is 9.18 Å². The number of hydrogen-bond donors (Lipinski definition) is 3. The molecule has 1 aliphatic carbocycles. The lowest BCUT2D eigenvalue weighted by molar-refractivity contribution is 0.0922. The Bertz CT molecular complexity index is 1100. The predicted molar refractivity (Wildman–Crippen MR) is 125 cm³/mol. The Labute approximate surface area is 192 Å². The van der Waals surface area contributed by atoms with E-state index in [0.29, 0.717) is 12.2 Å². The van der Waals surface area contributed by atoms with Crippen LogP contribution in [0.5, 0.6) is 11.6 Å². The van der Waals surface area contributed by atoms with Crippen molar-refractivity contribution in [3.05, 3.63) is 77.7 Å². The molecule has 1 amide bonds. The molecule has 3 aromatic rings. The summed E-state index contributed by atoms with van der Waals surface area (Å²) in [5.74, 6) is -0.469. The number of amides is 1. The zero-order valence-corrected chi connectivity index (χ0v) is 18.3. The molecule has 1 heterocycles. The Morgan fingerprint density at radius 3 is 2.58 bits per heavy atom. The molecule has 0 aliphatic heterocycles. The number of nitrogens with one attached hydrogen (secondary N) is 1. The lowest BCUT2D eigenvalue weighted by Crippen LogP contribution is -2.40. The van der Waals surface area contributed by atoms with Crippen LogP contribution in [0.2, 0.25) is 0 Å². The number of aromatic nitrogens is 1. The molecule has 0 atom stereocenters. The van der Waals surface area contributed by atoms with Crippen molar-refractivity contribution in [3.8, 4) is 22.8 Å². The SMILES string of the molecule is NC1CCC(NC(=O)c2cc(F)cnc2Oc2cccc(-c3ccc(CCO)cc3)c2)CC1. The molecule has 0 saturated heterocycles. The van der Waals surface area contributed by atoms with Crippen molar-refractivity contribution in [2.24, 2.45) is 5.73 Å². The molecule has 1 fully saturated rings. The smallest absolute Gasteiger partial charge is 0.257 e. The van der Waals surface area contributed by atoms with E-state index in [1.54, 1.807) is 6.07 Å². The van der Waals surface area contributed by atoms with Gasteiger partial charge in [0.25, 0.3) is 5.91 Å². The highest BCUT2D eigenvalue weighted by Crippen LogP contribution is 2.29. The number of benzene rings is 2. The van der Waals surface area contributed by atoms with Gasteiger partial charge in [-0.15, -0.1) is 0 Å². The average Bonchev–Trinajstić information content (AvgIpc) is 2.82. The molecule has 0 unspecified atom stereocenters. The molecule has 0 radical (unpaired) electrons. The van der Waals surface area contributed by atoms with E-state index in [1.165, 1.54) is 0 Å². The fourth-order valence-corrected chi connectivity index (χ4v) is 4.04. The quantitative estimate of drug-likeness (QED) is 0.502. The van der Waals surface area contributed by atoms with Crippen LogP contribution in [0.25, 0.3) is 11.1 Å². The van der Waals surface area contributed by atoms with E-state index in [4.69, 9.17) is 15.6 Å². The minimum atomic E-state index is -0.602. The summed E-state index contributed by atoms with van der Waals surface area (Å²) in [7, 11) is 0. The van der Waals surface area contributed by atoms with Crippen LogP contribution in [-0.2, 0) is 6.42 Å². The summed E-state index contributed by atoms with van der Waals surface area (Å²) >= 11 is 0. The van der Waals surface area contributed by atoms with Crippen LogP contribution in [0, 0.1) is 5.82 Å². The molecule has 6 nitrogen and oxygen atoms in total. The lowest BCUT2D eigenvalue weighted by atomic mass is 9.91. The molecule has 4 rings (SSSR count). The summed E-state index contributed by atoms with van der Waals surface area (Å²) in [5.41, 5.74) is 8.97. The van der Waals surface area contributed by atoms with Crippen molar-refractivity contribution in [3.63, 3.8) is 0 Å². The van der Waals surface area contributed by atoms with Gasteiger partial charge in [0.1, 0.15) is 17.1 Å². The summed E-state index contributed by atoms with van der Waals surface area (Å²) in [6.07, 6.45) is 4.94. The van der Waals surface area contributed by atoms with Gasteiger partial charge in [-0.2, -0.15) is 0 Å². The molecule has 172 valence electrons. The number of nitrogens with two attached hydrogens (primary N) is 1. The second kappa shape index (κ2) is 10.6. The number of ether oxygens (including phenoxy) is 1. The number of pyridine rings is 1. The van der Waals surface area contributed by atoms with Crippen molar-refractivity contribution in [2.45, 2.75) is 44.2 Å². The molecular formula is C26H28FN3O3. The number of aliphatic hydroxyl groups excluding tert-OH is 1. The standard InChI is InChI=1S/C26H28FN3O3/c27-20-15-24(25(32)30-22-10-8-21(28)9-11-22)26(29-16-20)33-23-3-1-2-19(14-23)18-6-4-17(5-7-18)12-13-31/h1-7,14-16,21-22,31H,8-13,28H2,(H,30,32). The van der Waals surface area contributed by atoms with Gasteiger partial charge in [0.15, 0.2) is 0 Å². The van der Waals surface area contributed by atoms with E-state index >= 15 is 0 Å². The Morgan fingerprint density at radius 1 is 1.09 bits per heavy atom. The Balaban J connectivity index is 1.52. The predicted octanol–water partition coefficient (Wildman–Crippen LogP) is 4.21. The Hall–Kier alpha value is -3.29. The van der Waals surface area contributed by atoms with Gasteiger partial charge in [0.2, 0.25) is 5.88 Å². The first-order chi connectivity index (χ1) is 16.0. The van der Waals surface area contributed by atoms with Crippen molar-refractivity contribution in [1.29, 1.82) is 0 Å². The van der Waals surface area contributed by atoms with Crippen LogP contribution in [0.15, 0.2) is 60.8 Å². The van der Waals surface area contributed by atoms with Gasteiger partial charge < -0.3 is 20.9 Å². The van der Waals surface area contributed by atoms with Crippen LogP contribution in [-0.4, -0.2) is 34.7 Å². The van der Waals surface area contributed by atoms with Crippen molar-refractivity contribution in [2.75, 3.05) is 6.61 Å². The molecular weight excluding hydrogens is 421 g/mol. The first-order valence-electron chi connectivity index (χ1n) is 11.2. The highest BCUT2D eigenvalue weighted by Gasteiger charge is 2.23. The molecule has 7 heteroatoms. The zero-order chi connectivity index (χ0) is 23.2. The Morgan fingerprint density at radius 2 is 1.85 bits per heavy atom. The molecule has 33 heavy (non-hydrogen) atoms. The number of hydrogen-bond acceptors (Lipinski definition) is 5. The molecule has 4 N–H and O–H groups in total. The second-order valence-electron chi connectivity index (χ2n) is 8.39. The van der Waals surface area contributed by atoms with Gasteiger partial charge in [-0.05, 0) is 67.0 Å². The Kier molecular flexibility index (Phi) is 7.32. The molecule has 2 aromatic carbocycles. The summed E-state index contributed by atoms with van der Waals surface area (Å²) in [4.78, 5) is 16.9. The van der Waals surface area contributed by atoms with Gasteiger partial charge >= 0.3 is 0 Å². The maximum atomic E-state index is 13.9. The first-order valence-corrected chi connectivity index (χ1v) is 11.2. The number of nitrogens with zero attached hydrogens (tertiary/aromatic N) is 1. The summed E-state index contributed by atoms with van der Waals surface area (Å²) < 4.78 is 19.8. The lowest BCUT2D eigenvalue weighted by Gasteiger charge is -2.27. The number of rotatable bonds is 7. The van der Waals surface area contributed by atoms with E-state index in [0.717, 1.165) is 54.6 Å². The van der Waals surface area contributed by atoms with Crippen molar-refractivity contribution in [1.82, 2.24) is 10.3 Å². The molecule has 0 spiro atoms. The van der Waals surface area contributed by atoms with E-state index < -0.39 is 11.7 Å². The fraction of sp³-hybridized carbons (Fsp3) is 0.308. The minimum absolute atomic E-state index is 0.00514. The van der Waals surface area contributed by atoms with E-state index in [2.05, 4.69) is 10.3 Å². The van der Waals surface area contributed by atoms with Crippen LogP contribution in [0.1, 0.15) is 41.6 Å². The number of halogens is 1. The second-order valence-corrected chi connectivity index (χ2v) is 8.39. The summed E-state index contributed by atoms with van der Waals surface area (Å²) in [5, 5.41) is 12.0. The maximum Gasteiger partial charge on any atom is 0.257 e. The monoisotopic (exact) mass is 449 g/mol. The van der Waals surface area contributed by atoms with Gasteiger partial charge in [0, 0.05) is 18.7 Å². The normalized spacial score (nSPS) is 18.0. The number of carbonyl (C=O) groups is 1. The fourth-order valence-electron chi connectivity index (χ4n) is 4.04. The maximum absolute atomic E-state index is 13.9. The van der Waals surface area contributed by atoms with E-state index in [1.807, 2.05) is 42.5 Å². The summed E-state index contributed by atoms with van der Waals surface area (Å²) in [6.45, 7) is 0.109. The van der Waals surface area contributed by atoms with Crippen LogP contribution in [0.4, 0.5) is 4.39 Å². The highest BCUT2D eigenvalue weighted by molar-refractivity contribution is 5.96. The van der Waals surface area contributed by atoms with Crippen LogP contribution in [0.3, 0.4) is 0 Å². The minimum Gasteiger partial charge on any atom is -0.438 e. The first kappa shape index (κ1) is 22.9. The van der Waals surface area contributed by atoms with Gasteiger partial charge in [0.05, 0.1) is 6.20 Å². The topological polar surface area (TPSA) is 97.5 Å². The third kappa shape index (κ3) is 5.94. The van der Waals surface area contributed by atoms with Gasteiger partial charge in [-0.1, -0.05) is 36.4 Å². The van der Waals surface area contributed by atoms with Gasteiger partial charge in [-0.25, -0.2) is 9.37 Å². The number of aliphatic hydroxyl groups is 1. The molecule has 1 aliphatic rings. The molecule has 0 bridgehead atoms. The number of carbonyl (C=O) groups excluding carboxylic acids is 1. The third-order valence-electron chi connectivity index (χ3n) is 5.91. The van der Waals surface area contributed by atoms with E-state index in [-0.39, 0.29) is 30.1 Å². The van der Waals surface area contributed by atoms with Crippen LogP contribution >= 0.6 is 0 Å². The zero-order valence-electron chi connectivity index (χ0n) is 18.3. The van der Waals surface area contributed by atoms with Gasteiger partial charge in [-0.3, -0.25) is 4.79 Å². The highest BCUT2D eigenvalue weighted by atomic mass is 19.1. The largest absolute Gasteiger partial charge is 0.438 e. The summed E-state index contributed by atoms with van der Waals surface area (Å²) in [6, 6.07) is 16.6. The van der Waals surface area contributed by atoms with Crippen molar-refractivity contribution < 1.29 is 19.0 Å². The molecule has 1 saturated carbocycles. The average molecular weight is 450 g/mol. The third-order valence-corrected chi connectivity index (χ3v) is 5.91.